The van der Waals surface area contributed by atoms with E-state index < -0.39 is 5.60 Å². The second kappa shape index (κ2) is 5.69. The first-order valence-electron chi connectivity index (χ1n) is 6.97. The van der Waals surface area contributed by atoms with Crippen molar-refractivity contribution >= 4 is 17.4 Å². The lowest BCUT2D eigenvalue weighted by atomic mass is 9.80. The lowest BCUT2D eigenvalue weighted by Gasteiger charge is -2.36. The first-order chi connectivity index (χ1) is 9.28. The second-order valence-electron chi connectivity index (χ2n) is 6.51. The van der Waals surface area contributed by atoms with Gasteiger partial charge in [0, 0.05) is 17.3 Å². The van der Waals surface area contributed by atoms with Crippen molar-refractivity contribution in [2.45, 2.75) is 57.6 Å². The molecule has 0 radical (unpaired) electrons. The molecule has 2 amide bonds. The van der Waals surface area contributed by atoms with E-state index in [4.69, 9.17) is 0 Å². The Balaban J connectivity index is 1.74. The van der Waals surface area contributed by atoms with Gasteiger partial charge in [0.25, 0.3) is 0 Å². The first kappa shape index (κ1) is 15.3. The van der Waals surface area contributed by atoms with Gasteiger partial charge in [-0.1, -0.05) is 20.8 Å². The number of rotatable bonds is 4. The van der Waals surface area contributed by atoms with E-state index in [9.17, 15) is 9.90 Å². The van der Waals surface area contributed by atoms with E-state index in [1.807, 2.05) is 5.38 Å². The Morgan fingerprint density at radius 1 is 1.45 bits per heavy atom. The minimum absolute atomic E-state index is 0.0403. The van der Waals surface area contributed by atoms with E-state index in [0.29, 0.717) is 13.1 Å². The van der Waals surface area contributed by atoms with Gasteiger partial charge >= 0.3 is 6.03 Å². The molecule has 0 saturated heterocycles. The van der Waals surface area contributed by atoms with E-state index in [2.05, 4.69) is 36.4 Å². The maximum atomic E-state index is 11.6. The lowest BCUT2D eigenvalue weighted by Crippen LogP contribution is -2.50. The van der Waals surface area contributed by atoms with Crippen molar-refractivity contribution in [3.05, 3.63) is 16.1 Å². The second-order valence-corrected chi connectivity index (χ2v) is 7.37. The number of aliphatic hydroxyl groups is 1. The average Bonchev–Trinajstić information content (AvgIpc) is 2.80. The Morgan fingerprint density at radius 2 is 2.15 bits per heavy atom. The predicted molar refractivity (Wildman–Crippen MR) is 79.9 cm³/mol. The molecule has 20 heavy (non-hydrogen) atoms. The Morgan fingerprint density at radius 3 is 2.65 bits per heavy atom. The zero-order chi connectivity index (χ0) is 14.8. The third kappa shape index (κ3) is 3.93. The van der Waals surface area contributed by atoms with Gasteiger partial charge < -0.3 is 15.7 Å². The van der Waals surface area contributed by atoms with Gasteiger partial charge in [-0.3, -0.25) is 0 Å². The zero-order valence-corrected chi connectivity index (χ0v) is 13.1. The maximum Gasteiger partial charge on any atom is 0.315 e. The van der Waals surface area contributed by atoms with Crippen molar-refractivity contribution in [2.24, 2.45) is 0 Å². The summed E-state index contributed by atoms with van der Waals surface area (Å²) in [6, 6.07) is -0.254. The highest BCUT2D eigenvalue weighted by atomic mass is 32.1. The molecule has 0 atom stereocenters. The van der Waals surface area contributed by atoms with Crippen LogP contribution in [0.5, 0.6) is 0 Å². The Kier molecular flexibility index (Phi) is 4.34. The molecule has 1 saturated carbocycles. The van der Waals surface area contributed by atoms with Crippen molar-refractivity contribution in [1.82, 2.24) is 15.6 Å². The van der Waals surface area contributed by atoms with Crippen LogP contribution in [0, 0.1) is 0 Å². The Bertz CT molecular complexity index is 475. The normalized spacial score (nSPS) is 17.4. The molecule has 0 aromatic carbocycles. The molecule has 5 nitrogen and oxygen atoms in total. The summed E-state index contributed by atoms with van der Waals surface area (Å²) >= 11 is 1.62. The molecule has 1 aromatic heterocycles. The van der Waals surface area contributed by atoms with Crippen molar-refractivity contribution in [1.29, 1.82) is 0 Å². The van der Waals surface area contributed by atoms with Gasteiger partial charge in [-0.25, -0.2) is 9.78 Å². The topological polar surface area (TPSA) is 74.2 Å². The van der Waals surface area contributed by atoms with Crippen LogP contribution in [0.4, 0.5) is 4.79 Å². The molecule has 1 fully saturated rings. The van der Waals surface area contributed by atoms with E-state index in [1.54, 1.807) is 11.3 Å². The molecule has 2 rings (SSSR count). The standard InChI is InChI=1S/C14H23N3O2S/c1-13(2,3)11-17-10(8-20-11)7-15-12(18)16-9-14(19)5-4-6-14/h8,19H,4-7,9H2,1-3H3,(H2,15,16,18). The van der Waals surface area contributed by atoms with E-state index in [1.165, 1.54) is 0 Å². The van der Waals surface area contributed by atoms with Gasteiger partial charge in [-0.15, -0.1) is 11.3 Å². The van der Waals surface area contributed by atoms with Crippen molar-refractivity contribution in [3.63, 3.8) is 0 Å². The molecular weight excluding hydrogens is 274 g/mol. The van der Waals surface area contributed by atoms with E-state index in [0.717, 1.165) is 30.0 Å². The molecule has 1 heterocycles. The van der Waals surface area contributed by atoms with Gasteiger partial charge in [-0.2, -0.15) is 0 Å². The summed E-state index contributed by atoms with van der Waals surface area (Å²) < 4.78 is 0. The number of hydrogen-bond acceptors (Lipinski definition) is 4. The minimum Gasteiger partial charge on any atom is -0.388 e. The molecular formula is C14H23N3O2S. The molecule has 0 bridgehead atoms. The van der Waals surface area contributed by atoms with Crippen LogP contribution in [-0.4, -0.2) is 28.3 Å². The summed E-state index contributed by atoms with van der Waals surface area (Å²) in [4.78, 5) is 16.2. The highest BCUT2D eigenvalue weighted by molar-refractivity contribution is 7.09. The van der Waals surface area contributed by atoms with Crippen LogP contribution in [0.25, 0.3) is 0 Å². The average molecular weight is 297 g/mol. The molecule has 1 aromatic rings. The van der Waals surface area contributed by atoms with Crippen molar-refractivity contribution in [3.8, 4) is 0 Å². The summed E-state index contributed by atoms with van der Waals surface area (Å²) in [6.07, 6.45) is 2.58. The minimum atomic E-state index is -0.683. The third-order valence-corrected chi connectivity index (χ3v) is 4.80. The third-order valence-electron chi connectivity index (χ3n) is 3.49. The fourth-order valence-electron chi connectivity index (χ4n) is 1.97. The monoisotopic (exact) mass is 297 g/mol. The number of carbonyl (C=O) groups excluding carboxylic acids is 1. The number of aromatic nitrogens is 1. The summed E-state index contributed by atoms with van der Waals surface area (Å²) in [5.74, 6) is 0. The number of nitrogens with zero attached hydrogens (tertiary/aromatic N) is 1. The summed E-state index contributed by atoms with van der Waals surface area (Å²) in [5, 5.41) is 18.4. The number of amides is 2. The summed E-state index contributed by atoms with van der Waals surface area (Å²) in [6.45, 7) is 7.10. The number of thiazole rings is 1. The number of carbonyl (C=O) groups is 1. The molecule has 6 heteroatoms. The number of urea groups is 1. The van der Waals surface area contributed by atoms with Crippen LogP contribution in [0.2, 0.25) is 0 Å². The van der Waals surface area contributed by atoms with Crippen LogP contribution in [0.15, 0.2) is 5.38 Å². The smallest absolute Gasteiger partial charge is 0.315 e. The molecule has 112 valence electrons. The summed E-state index contributed by atoms with van der Waals surface area (Å²) in [5.41, 5.74) is 0.230. The number of hydrogen-bond donors (Lipinski definition) is 3. The van der Waals surface area contributed by atoms with Crippen LogP contribution >= 0.6 is 11.3 Å². The SMILES string of the molecule is CC(C)(C)c1nc(CNC(=O)NCC2(O)CCC2)cs1. The van der Waals surface area contributed by atoms with Gasteiger partial charge in [0.1, 0.15) is 0 Å². The highest BCUT2D eigenvalue weighted by Gasteiger charge is 2.34. The Hall–Kier alpha value is -1.14. The molecule has 1 aliphatic carbocycles. The molecule has 0 spiro atoms. The lowest BCUT2D eigenvalue weighted by molar-refractivity contribution is -0.0290. The number of nitrogens with one attached hydrogen (secondary N) is 2. The maximum absolute atomic E-state index is 11.6. The Labute approximate surface area is 123 Å². The summed E-state index contributed by atoms with van der Waals surface area (Å²) in [7, 11) is 0. The van der Waals surface area contributed by atoms with Gasteiger partial charge in [-0.05, 0) is 19.3 Å². The van der Waals surface area contributed by atoms with Gasteiger partial charge in [0.2, 0.25) is 0 Å². The van der Waals surface area contributed by atoms with Gasteiger partial charge in [0.05, 0.1) is 22.8 Å². The fourth-order valence-corrected chi connectivity index (χ4v) is 2.88. The molecule has 3 N–H and O–H groups in total. The predicted octanol–water partition coefficient (Wildman–Crippen LogP) is 2.15. The first-order valence-corrected chi connectivity index (χ1v) is 7.85. The highest BCUT2D eigenvalue weighted by Crippen LogP contribution is 2.30. The van der Waals surface area contributed by atoms with Crippen LogP contribution in [0.1, 0.15) is 50.7 Å². The van der Waals surface area contributed by atoms with Crippen LogP contribution in [-0.2, 0) is 12.0 Å². The molecule has 1 aliphatic rings. The van der Waals surface area contributed by atoms with Crippen LogP contribution in [0.3, 0.4) is 0 Å². The van der Waals surface area contributed by atoms with Crippen LogP contribution < -0.4 is 10.6 Å². The zero-order valence-electron chi connectivity index (χ0n) is 12.3. The van der Waals surface area contributed by atoms with Crippen molar-refractivity contribution < 1.29 is 9.90 Å². The van der Waals surface area contributed by atoms with E-state index >= 15 is 0 Å². The molecule has 0 aliphatic heterocycles. The fraction of sp³-hybridized carbons (Fsp3) is 0.714. The molecule has 0 unspecified atom stereocenters. The van der Waals surface area contributed by atoms with E-state index in [-0.39, 0.29) is 11.4 Å². The quantitative estimate of drug-likeness (QED) is 0.797. The van der Waals surface area contributed by atoms with Crippen molar-refractivity contribution in [2.75, 3.05) is 6.54 Å². The largest absolute Gasteiger partial charge is 0.388 e. The van der Waals surface area contributed by atoms with Gasteiger partial charge in [0.15, 0.2) is 0 Å².